The number of anilines is 4. The van der Waals surface area contributed by atoms with Crippen LogP contribution in [0.25, 0.3) is 66.9 Å². The van der Waals surface area contributed by atoms with Crippen LogP contribution >= 0.6 is 0 Å². The number of imidazole rings is 1. The van der Waals surface area contributed by atoms with Crippen molar-refractivity contribution in [3.05, 3.63) is 244 Å². The van der Waals surface area contributed by atoms with Crippen LogP contribution in [0.1, 0.15) is 67.8 Å². The van der Waals surface area contributed by atoms with E-state index in [0.29, 0.717) is 62.9 Å². The molecule has 0 fully saturated rings. The van der Waals surface area contributed by atoms with Gasteiger partial charge in [-0.25, -0.2) is 0 Å². The number of hydrogen-bond acceptors (Lipinski definition) is 4. The summed E-state index contributed by atoms with van der Waals surface area (Å²) < 4.78 is 84.0. The summed E-state index contributed by atoms with van der Waals surface area (Å²) in [7, 11) is 0. The summed E-state index contributed by atoms with van der Waals surface area (Å²) in [5.41, 5.74) is 14.6. The monoisotopic (exact) mass is 1200 g/mol. The number of nitrogens with zero attached hydrogens (tertiary/aromatic N) is 5. The summed E-state index contributed by atoms with van der Waals surface area (Å²) in [6.45, 7) is 5.62. The van der Waals surface area contributed by atoms with Crippen molar-refractivity contribution in [1.29, 1.82) is 0 Å². The second-order valence-electron chi connectivity index (χ2n) is 21.6. The molecule has 0 amide bonds. The number of para-hydroxylation sites is 4. The van der Waals surface area contributed by atoms with Gasteiger partial charge in [-0.2, -0.15) is 0 Å². The third-order valence-corrected chi connectivity index (χ3v) is 15.9. The van der Waals surface area contributed by atoms with Crippen LogP contribution < -0.4 is 19.8 Å². The minimum absolute atomic E-state index is 0.0985. The van der Waals surface area contributed by atoms with Crippen LogP contribution in [0.15, 0.2) is 218 Å². The number of aryl methyl sites for hydroxylation is 2. The Labute approximate surface area is 480 Å². The van der Waals surface area contributed by atoms with Crippen molar-refractivity contribution in [3.8, 4) is 67.5 Å². The molecular weight excluding hydrogens is 1130 g/mol. The topological polar surface area (TPSA) is 38.5 Å². The zero-order valence-electron chi connectivity index (χ0n) is 52.0. The quantitative estimate of drug-likeness (QED) is 0.128. The SMILES string of the molecule is [2H]c1c(CC(C)C)c([2H])c(-c2cc(-c3ccccc3)cc(C(C)(C)C)c2)c(-n2[c](=[Pt])n(-c3cccc(Oc4cccc(N5B6c7ccccc7-c7c(cccc7C([2H])([2H])[2H])N6c6ccccc65)n4)c3)c3ccccc32)c1-c1cccc(C([2H])([2H])[2H])c1. The van der Waals surface area contributed by atoms with Crippen molar-refractivity contribution >= 4 is 46.4 Å². The van der Waals surface area contributed by atoms with Crippen LogP contribution in [0.5, 0.6) is 11.6 Å². The summed E-state index contributed by atoms with van der Waals surface area (Å²) in [4.78, 5) is 9.64. The number of hydrogen-bond donors (Lipinski definition) is 0. The zero-order valence-corrected chi connectivity index (χ0v) is 46.2. The fraction of sp³-hybridized carbons (Fsp3) is 0.143. The number of pyridine rings is 1. The summed E-state index contributed by atoms with van der Waals surface area (Å²) in [6, 6.07) is 67.6. The van der Waals surface area contributed by atoms with Gasteiger partial charge in [0.2, 0.25) is 0 Å². The summed E-state index contributed by atoms with van der Waals surface area (Å²) in [5.74, 6) is 1.62. The van der Waals surface area contributed by atoms with Crippen LogP contribution in [-0.4, -0.2) is 21.1 Å². The Morgan fingerprint density at radius 2 is 1.26 bits per heavy atom. The molecule has 0 atom stereocenters. The van der Waals surface area contributed by atoms with Crippen LogP contribution in [-0.2, 0) is 31.2 Å². The molecule has 6 nitrogen and oxygen atoms in total. The van der Waals surface area contributed by atoms with E-state index >= 15 is 0 Å². The Kier molecular flexibility index (Phi) is 10.3. The summed E-state index contributed by atoms with van der Waals surface area (Å²) >= 11 is 2.36. The summed E-state index contributed by atoms with van der Waals surface area (Å²) in [5, 5.41) is 0. The molecule has 8 heteroatoms. The molecule has 11 aromatic rings. The molecule has 2 aliphatic heterocycles. The van der Waals surface area contributed by atoms with E-state index in [-0.39, 0.29) is 29.0 Å². The van der Waals surface area contributed by atoms with Crippen molar-refractivity contribution < 1.29 is 35.1 Å². The Morgan fingerprint density at radius 1 is 0.590 bits per heavy atom. The van der Waals surface area contributed by atoms with Gasteiger partial charge in [-0.05, 0) is 30.1 Å². The first-order chi connectivity index (χ1) is 41.2. The number of aromatic nitrogens is 3. The van der Waals surface area contributed by atoms with Gasteiger partial charge in [0, 0.05) is 15.4 Å². The Hall–Kier alpha value is -8.25. The molecule has 0 unspecified atom stereocenters. The second-order valence-corrected chi connectivity index (χ2v) is 22.7. The van der Waals surface area contributed by atoms with Crippen LogP contribution in [0.3, 0.4) is 0 Å². The van der Waals surface area contributed by atoms with Crippen molar-refractivity contribution in [2.75, 3.05) is 9.62 Å². The molecule has 2 aliphatic rings. The minimum atomic E-state index is -2.42. The fourth-order valence-electron chi connectivity index (χ4n) is 11.4. The van der Waals surface area contributed by atoms with Gasteiger partial charge in [0.25, 0.3) is 0 Å². The van der Waals surface area contributed by atoms with E-state index in [2.05, 4.69) is 133 Å². The molecular formula is C70H60BN5OPt. The van der Waals surface area contributed by atoms with Crippen molar-refractivity contribution in [2.24, 2.45) is 5.92 Å². The molecule has 13 rings (SSSR count). The predicted molar refractivity (Wildman–Crippen MR) is 321 cm³/mol. The fourth-order valence-corrected chi connectivity index (χ4v) is 12.5. The van der Waals surface area contributed by atoms with Crippen LogP contribution in [0.2, 0.25) is 0 Å². The Morgan fingerprint density at radius 3 is 2.04 bits per heavy atom. The van der Waals surface area contributed by atoms with Crippen molar-refractivity contribution in [1.82, 2.24) is 14.1 Å². The zero-order chi connectivity index (χ0) is 60.1. The molecule has 0 saturated heterocycles. The third-order valence-electron chi connectivity index (χ3n) is 14.9. The number of benzene rings is 9. The van der Waals surface area contributed by atoms with E-state index < -0.39 is 20.7 Å². The molecule has 9 aromatic carbocycles. The maximum atomic E-state index is 10.5. The Balaban J connectivity index is 0.977. The number of fused-ring (bicyclic) bond motifs is 9. The van der Waals surface area contributed by atoms with Gasteiger partial charge in [0.15, 0.2) is 0 Å². The third kappa shape index (κ3) is 8.66. The van der Waals surface area contributed by atoms with Crippen molar-refractivity contribution in [3.63, 3.8) is 0 Å². The number of rotatable bonds is 10. The standard InChI is InChI=1S/C70H60BN5O.Pt/c1-46(2)37-49-39-58(51-25-17-21-47(3)38-51)69(59(40-49)53-41-52(50-23-9-8-10-24-50)42-54(43-53)70(5,6)7)74-45-73(61-30-13-14-31-62(61)74)55-26-19-27-56(44-55)77-67-36-20-35-66(72-67)76-64-33-16-15-32-63(64)75-65-34-18-22-48(4)68(65)57-28-11-12-29-60(57)71(75)76;/h8-36,38-44,46H,37H2,1-7H3;/i3D3,4D3,39D,40D;. The molecule has 0 bridgehead atoms. The maximum absolute atomic E-state index is 10.5. The molecule has 2 aromatic heterocycles. The van der Waals surface area contributed by atoms with E-state index in [1.807, 2.05) is 121 Å². The molecule has 0 saturated carbocycles. The Bertz CT molecular complexity index is 4570. The van der Waals surface area contributed by atoms with E-state index in [9.17, 15) is 2.74 Å². The summed E-state index contributed by atoms with van der Waals surface area (Å²) in [6.07, 6.45) is 0.456. The molecule has 0 spiro atoms. The van der Waals surface area contributed by atoms with Crippen LogP contribution in [0.4, 0.5) is 22.9 Å². The first-order valence-electron chi connectivity index (χ1n) is 30.5. The predicted octanol–water partition coefficient (Wildman–Crippen LogP) is 17.5. The molecule has 0 aliphatic carbocycles. The molecule has 4 heterocycles. The normalized spacial score (nSPS) is 14.5. The van der Waals surface area contributed by atoms with E-state index in [1.54, 1.807) is 24.3 Å². The molecule has 0 radical (unpaired) electrons. The van der Waals surface area contributed by atoms with E-state index in [1.165, 1.54) is 0 Å². The van der Waals surface area contributed by atoms with Gasteiger partial charge in [0.1, 0.15) is 0 Å². The van der Waals surface area contributed by atoms with E-state index in [0.717, 1.165) is 70.9 Å². The van der Waals surface area contributed by atoms with Gasteiger partial charge in [-0.3, -0.25) is 0 Å². The average Bonchev–Trinajstić information content (AvgIpc) is 1.49. The van der Waals surface area contributed by atoms with E-state index in [4.69, 9.17) is 17.9 Å². The van der Waals surface area contributed by atoms with Gasteiger partial charge in [0.05, 0.1) is 0 Å². The first kappa shape index (κ1) is 40.9. The van der Waals surface area contributed by atoms with Crippen molar-refractivity contribution in [2.45, 2.75) is 60.2 Å². The van der Waals surface area contributed by atoms with Gasteiger partial charge in [-0.1, -0.05) is 48.5 Å². The molecule has 0 N–H and O–H groups in total. The van der Waals surface area contributed by atoms with Gasteiger partial charge >= 0.3 is 389 Å². The second kappa shape index (κ2) is 19.6. The van der Waals surface area contributed by atoms with Crippen LogP contribution in [0, 0.1) is 23.4 Å². The van der Waals surface area contributed by atoms with Gasteiger partial charge < -0.3 is 0 Å². The average molecular weight is 1200 g/mol. The molecule has 384 valence electrons. The molecule has 78 heavy (non-hydrogen) atoms. The first-order valence-corrected chi connectivity index (χ1v) is 27.6. The number of ether oxygens (including phenoxy) is 1. The van der Waals surface area contributed by atoms with Gasteiger partial charge in [-0.15, -0.1) is 0 Å².